The molecule has 4 aromatic rings. The number of carbonyl (C=O) groups is 2. The fourth-order valence-electron chi connectivity index (χ4n) is 5.33. The van der Waals surface area contributed by atoms with Gasteiger partial charge in [0.15, 0.2) is 5.78 Å². The first-order chi connectivity index (χ1) is 23.8. The molecule has 0 radical (unpaired) electrons. The standard InChI is InChI=1S/C40H47ClN2O6/c1-5-9-36(40(45)42-27-38(44)31-14-18-33(19-15-31)47-25-8-24-43(6-2)7-3)30-12-20-34(21-13-30)49-35-22-23-37(41)39(26-35)48-28-29-10-16-32(46-4)17-11-29/h10-23,26,36H,5-9,24-25,27-28H2,1-4H3,(H,42,45). The summed E-state index contributed by atoms with van der Waals surface area (Å²) in [6.45, 7) is 10.3. The highest BCUT2D eigenvalue weighted by atomic mass is 35.5. The molecule has 0 fully saturated rings. The van der Waals surface area contributed by atoms with Crippen molar-refractivity contribution in [3.8, 4) is 28.7 Å². The third-order valence-electron chi connectivity index (χ3n) is 8.25. The van der Waals surface area contributed by atoms with Gasteiger partial charge < -0.3 is 29.2 Å². The van der Waals surface area contributed by atoms with Gasteiger partial charge in [0.1, 0.15) is 35.4 Å². The average molecular weight is 687 g/mol. The molecule has 0 aliphatic rings. The maximum Gasteiger partial charge on any atom is 0.227 e. The van der Waals surface area contributed by atoms with Gasteiger partial charge >= 0.3 is 0 Å². The molecular weight excluding hydrogens is 640 g/mol. The van der Waals surface area contributed by atoms with Crippen molar-refractivity contribution in [2.24, 2.45) is 0 Å². The molecular formula is C40H47ClN2O6. The Morgan fingerprint density at radius 3 is 2.10 bits per heavy atom. The molecule has 0 spiro atoms. The summed E-state index contributed by atoms with van der Waals surface area (Å²) < 4.78 is 23.1. The molecule has 0 aliphatic carbocycles. The number of carbonyl (C=O) groups excluding carboxylic acids is 2. The highest BCUT2D eigenvalue weighted by Crippen LogP contribution is 2.33. The number of nitrogens with zero attached hydrogens (tertiary/aromatic N) is 1. The fourth-order valence-corrected chi connectivity index (χ4v) is 5.50. The van der Waals surface area contributed by atoms with Crippen LogP contribution >= 0.6 is 11.6 Å². The van der Waals surface area contributed by atoms with Gasteiger partial charge in [0, 0.05) is 18.2 Å². The second kappa shape index (κ2) is 19.5. The van der Waals surface area contributed by atoms with Gasteiger partial charge in [-0.05, 0) is 97.7 Å². The summed E-state index contributed by atoms with van der Waals surface area (Å²) in [7, 11) is 1.63. The van der Waals surface area contributed by atoms with E-state index in [0.717, 1.165) is 55.1 Å². The summed E-state index contributed by atoms with van der Waals surface area (Å²) in [5.74, 6) is 2.45. The van der Waals surface area contributed by atoms with Crippen LogP contribution in [0.15, 0.2) is 91.0 Å². The number of amides is 1. The van der Waals surface area contributed by atoms with Crippen LogP contribution in [0.1, 0.15) is 67.4 Å². The largest absolute Gasteiger partial charge is 0.497 e. The zero-order valence-electron chi connectivity index (χ0n) is 28.9. The summed E-state index contributed by atoms with van der Waals surface area (Å²) >= 11 is 6.39. The number of Topliss-reactive ketones (excluding diaryl/α,β-unsaturated/α-hetero) is 1. The van der Waals surface area contributed by atoms with E-state index in [1.165, 1.54) is 0 Å². The minimum Gasteiger partial charge on any atom is -0.497 e. The van der Waals surface area contributed by atoms with Crippen LogP contribution in [0, 0.1) is 0 Å². The number of halogens is 1. The van der Waals surface area contributed by atoms with E-state index in [1.54, 1.807) is 49.6 Å². The number of ketones is 1. The van der Waals surface area contributed by atoms with E-state index in [-0.39, 0.29) is 18.2 Å². The number of ether oxygens (including phenoxy) is 4. The molecule has 1 N–H and O–H groups in total. The first-order valence-electron chi connectivity index (χ1n) is 16.9. The molecule has 8 nitrogen and oxygen atoms in total. The predicted octanol–water partition coefficient (Wildman–Crippen LogP) is 8.71. The Labute approximate surface area is 295 Å². The number of methoxy groups -OCH3 is 1. The van der Waals surface area contributed by atoms with Crippen LogP contribution in [-0.4, -0.2) is 56.5 Å². The molecule has 1 unspecified atom stereocenters. The summed E-state index contributed by atoms with van der Waals surface area (Å²) in [6.07, 6.45) is 2.39. The molecule has 49 heavy (non-hydrogen) atoms. The van der Waals surface area contributed by atoms with Gasteiger partial charge in [0.25, 0.3) is 0 Å². The van der Waals surface area contributed by atoms with Crippen LogP contribution in [0.3, 0.4) is 0 Å². The average Bonchev–Trinajstić information content (AvgIpc) is 3.14. The summed E-state index contributed by atoms with van der Waals surface area (Å²) in [6, 6.07) is 27.4. The van der Waals surface area contributed by atoms with Crippen LogP contribution in [0.5, 0.6) is 28.7 Å². The van der Waals surface area contributed by atoms with Crippen molar-refractivity contribution in [1.82, 2.24) is 10.2 Å². The van der Waals surface area contributed by atoms with Gasteiger partial charge in [-0.15, -0.1) is 0 Å². The maximum absolute atomic E-state index is 13.3. The van der Waals surface area contributed by atoms with Crippen LogP contribution < -0.4 is 24.3 Å². The monoisotopic (exact) mass is 686 g/mol. The van der Waals surface area contributed by atoms with Crippen molar-refractivity contribution < 1.29 is 28.5 Å². The minimum atomic E-state index is -0.396. The number of nitrogens with one attached hydrogen (secondary N) is 1. The molecule has 0 saturated heterocycles. The maximum atomic E-state index is 13.3. The van der Waals surface area contributed by atoms with Crippen LogP contribution in [0.25, 0.3) is 0 Å². The van der Waals surface area contributed by atoms with E-state index in [9.17, 15) is 9.59 Å². The molecule has 260 valence electrons. The van der Waals surface area contributed by atoms with Crippen molar-refractivity contribution in [2.75, 3.05) is 39.9 Å². The van der Waals surface area contributed by atoms with Crippen molar-refractivity contribution in [3.05, 3.63) is 113 Å². The van der Waals surface area contributed by atoms with Gasteiger partial charge in [-0.3, -0.25) is 9.59 Å². The molecule has 0 heterocycles. The first-order valence-corrected chi connectivity index (χ1v) is 17.3. The Morgan fingerprint density at radius 1 is 0.796 bits per heavy atom. The van der Waals surface area contributed by atoms with E-state index in [4.69, 9.17) is 30.5 Å². The molecule has 1 amide bonds. The smallest absolute Gasteiger partial charge is 0.227 e. The lowest BCUT2D eigenvalue weighted by Gasteiger charge is -2.18. The zero-order chi connectivity index (χ0) is 35.0. The van der Waals surface area contributed by atoms with Gasteiger partial charge in [-0.1, -0.05) is 63.1 Å². The van der Waals surface area contributed by atoms with Gasteiger partial charge in [-0.2, -0.15) is 0 Å². The molecule has 0 aliphatic heterocycles. The Kier molecular flexibility index (Phi) is 14.8. The molecule has 9 heteroatoms. The molecule has 4 rings (SSSR count). The van der Waals surface area contributed by atoms with Crippen molar-refractivity contribution >= 4 is 23.3 Å². The van der Waals surface area contributed by atoms with Crippen molar-refractivity contribution in [3.63, 3.8) is 0 Å². The summed E-state index contributed by atoms with van der Waals surface area (Å²) in [5.41, 5.74) is 2.35. The second-order valence-electron chi connectivity index (χ2n) is 11.6. The Morgan fingerprint density at radius 2 is 1.45 bits per heavy atom. The topological polar surface area (TPSA) is 86.3 Å². The molecule has 0 bridgehead atoms. The number of benzene rings is 4. The predicted molar refractivity (Wildman–Crippen MR) is 195 cm³/mol. The van der Waals surface area contributed by atoms with Crippen LogP contribution in [0.4, 0.5) is 0 Å². The van der Waals surface area contributed by atoms with Gasteiger partial charge in [0.2, 0.25) is 5.91 Å². The van der Waals surface area contributed by atoms with E-state index >= 15 is 0 Å². The Hall–Kier alpha value is -4.53. The quantitative estimate of drug-likeness (QED) is 0.0735. The fraction of sp³-hybridized carbons (Fsp3) is 0.350. The van der Waals surface area contributed by atoms with Crippen LogP contribution in [-0.2, 0) is 11.4 Å². The zero-order valence-corrected chi connectivity index (χ0v) is 29.6. The lowest BCUT2D eigenvalue weighted by molar-refractivity contribution is -0.122. The lowest BCUT2D eigenvalue weighted by atomic mass is 9.93. The molecule has 0 saturated carbocycles. The van der Waals surface area contributed by atoms with Gasteiger partial charge in [0.05, 0.1) is 31.2 Å². The third kappa shape index (κ3) is 11.5. The lowest BCUT2D eigenvalue weighted by Crippen LogP contribution is -2.33. The van der Waals surface area contributed by atoms with E-state index < -0.39 is 5.92 Å². The molecule has 4 aromatic carbocycles. The molecule has 1 atom stereocenters. The van der Waals surface area contributed by atoms with Crippen molar-refractivity contribution in [2.45, 2.75) is 52.6 Å². The number of rotatable bonds is 20. The minimum absolute atomic E-state index is 0.0796. The number of hydrogen-bond acceptors (Lipinski definition) is 7. The van der Waals surface area contributed by atoms with Crippen LogP contribution in [0.2, 0.25) is 5.02 Å². The van der Waals surface area contributed by atoms with Gasteiger partial charge in [-0.25, -0.2) is 0 Å². The molecule has 0 aromatic heterocycles. The highest BCUT2D eigenvalue weighted by molar-refractivity contribution is 6.32. The normalized spacial score (nSPS) is 11.6. The van der Waals surface area contributed by atoms with Crippen molar-refractivity contribution in [1.29, 1.82) is 0 Å². The second-order valence-corrected chi connectivity index (χ2v) is 12.0. The first kappa shape index (κ1) is 37.3. The Bertz CT molecular complexity index is 1610. The van der Waals surface area contributed by atoms with E-state index in [1.807, 2.05) is 55.5 Å². The summed E-state index contributed by atoms with van der Waals surface area (Å²) in [4.78, 5) is 28.5. The SMILES string of the molecule is CCCC(C(=O)NCC(=O)c1ccc(OCCCN(CC)CC)cc1)c1ccc(Oc2ccc(Cl)c(OCc3ccc(OC)cc3)c2)cc1. The number of hydrogen-bond donors (Lipinski definition) is 1. The highest BCUT2D eigenvalue weighted by Gasteiger charge is 2.21. The summed E-state index contributed by atoms with van der Waals surface area (Å²) in [5, 5.41) is 3.33. The Balaban J connectivity index is 1.28. The van der Waals surface area contributed by atoms with E-state index in [0.29, 0.717) is 47.5 Å². The third-order valence-corrected chi connectivity index (χ3v) is 8.56. The van der Waals surface area contributed by atoms with E-state index in [2.05, 4.69) is 24.1 Å².